The summed E-state index contributed by atoms with van der Waals surface area (Å²) in [5, 5.41) is 7.96. The van der Waals surface area contributed by atoms with Gasteiger partial charge in [0, 0.05) is 46.1 Å². The Balaban J connectivity index is 1.73. The molecule has 0 saturated carbocycles. The van der Waals surface area contributed by atoms with Crippen LogP contribution in [0.15, 0.2) is 6.33 Å². The number of hydrogen-bond acceptors (Lipinski definition) is 5. The second-order valence-corrected chi connectivity index (χ2v) is 5.52. The molecule has 0 fully saturated rings. The molecule has 0 spiro atoms. The molecule has 2 rings (SSSR count). The van der Waals surface area contributed by atoms with Crippen molar-refractivity contribution >= 4 is 23.1 Å². The van der Waals surface area contributed by atoms with Gasteiger partial charge in [0.05, 0.1) is 11.5 Å². The topological polar surface area (TPSA) is 80.3 Å². The minimum Gasteiger partial charge on any atom is -0.393 e. The van der Waals surface area contributed by atoms with E-state index in [-0.39, 0.29) is 5.91 Å². The number of hydrogen-bond donors (Lipinski definition) is 1. The summed E-state index contributed by atoms with van der Waals surface area (Å²) < 4.78 is 2.05. The molecule has 0 atom stereocenters. The summed E-state index contributed by atoms with van der Waals surface area (Å²) in [7, 11) is 1.79. The predicted molar refractivity (Wildman–Crippen MR) is 79.0 cm³/mol. The van der Waals surface area contributed by atoms with E-state index in [0.717, 1.165) is 32.0 Å². The van der Waals surface area contributed by atoms with E-state index in [2.05, 4.69) is 15.1 Å². The minimum absolute atomic E-state index is 0.119. The first-order valence-corrected chi connectivity index (χ1v) is 7.08. The molecule has 1 amide bonds. The predicted octanol–water partition coefficient (Wildman–Crippen LogP) is -0.382. The zero-order valence-corrected chi connectivity index (χ0v) is 12.5. The largest absolute Gasteiger partial charge is 0.393 e. The lowest BCUT2D eigenvalue weighted by Crippen LogP contribution is -2.37. The molecule has 1 aromatic rings. The molecule has 2 heterocycles. The molecule has 0 radical (unpaired) electrons. The zero-order valence-electron chi connectivity index (χ0n) is 11.7. The highest BCUT2D eigenvalue weighted by atomic mass is 32.1. The maximum Gasteiger partial charge on any atom is 0.223 e. The third kappa shape index (κ3) is 3.97. The van der Waals surface area contributed by atoms with E-state index in [1.807, 2.05) is 4.57 Å². The average Bonchev–Trinajstić information content (AvgIpc) is 2.89. The zero-order chi connectivity index (χ0) is 14.5. The summed E-state index contributed by atoms with van der Waals surface area (Å²) in [6.07, 6.45) is 2.83. The van der Waals surface area contributed by atoms with Gasteiger partial charge >= 0.3 is 0 Å². The van der Waals surface area contributed by atoms with E-state index in [1.54, 1.807) is 18.3 Å². The quantitative estimate of drug-likeness (QED) is 0.721. The van der Waals surface area contributed by atoms with Gasteiger partial charge in [0.25, 0.3) is 0 Å². The van der Waals surface area contributed by atoms with Crippen molar-refractivity contribution in [3.8, 4) is 0 Å². The normalized spacial score (nSPS) is 14.8. The van der Waals surface area contributed by atoms with E-state index in [1.165, 1.54) is 0 Å². The van der Waals surface area contributed by atoms with Gasteiger partial charge in [-0.2, -0.15) is 0 Å². The van der Waals surface area contributed by atoms with E-state index in [9.17, 15) is 4.79 Å². The van der Waals surface area contributed by atoms with Gasteiger partial charge in [-0.3, -0.25) is 9.69 Å². The molecule has 1 aliphatic heterocycles. The molecule has 0 saturated heterocycles. The first kappa shape index (κ1) is 14.9. The maximum atomic E-state index is 12.0. The minimum atomic E-state index is 0.119. The number of carbonyl (C=O) groups is 1. The van der Waals surface area contributed by atoms with Crippen LogP contribution in [0.25, 0.3) is 0 Å². The summed E-state index contributed by atoms with van der Waals surface area (Å²) in [6.45, 7) is 3.89. The molecule has 7 nitrogen and oxygen atoms in total. The highest BCUT2D eigenvalue weighted by Gasteiger charge is 2.18. The van der Waals surface area contributed by atoms with Crippen molar-refractivity contribution in [3.63, 3.8) is 0 Å². The van der Waals surface area contributed by atoms with Crippen LogP contribution in [-0.4, -0.2) is 62.1 Å². The molecule has 110 valence electrons. The van der Waals surface area contributed by atoms with Crippen molar-refractivity contribution in [1.82, 2.24) is 24.6 Å². The van der Waals surface area contributed by atoms with E-state index < -0.39 is 0 Å². The van der Waals surface area contributed by atoms with Crippen LogP contribution in [0.3, 0.4) is 0 Å². The number of nitrogens with two attached hydrogens (primary N) is 1. The Hall–Kier alpha value is -1.54. The van der Waals surface area contributed by atoms with Gasteiger partial charge in [0.15, 0.2) is 0 Å². The second-order valence-electron chi connectivity index (χ2n) is 5.00. The Morgan fingerprint density at radius 1 is 1.50 bits per heavy atom. The molecule has 20 heavy (non-hydrogen) atoms. The average molecular weight is 296 g/mol. The van der Waals surface area contributed by atoms with Crippen LogP contribution in [0, 0.1) is 0 Å². The fourth-order valence-corrected chi connectivity index (χ4v) is 2.25. The first-order chi connectivity index (χ1) is 9.56. The molecular weight excluding hydrogens is 276 g/mol. The summed E-state index contributed by atoms with van der Waals surface area (Å²) in [4.78, 5) is 16.3. The van der Waals surface area contributed by atoms with Crippen molar-refractivity contribution in [1.29, 1.82) is 0 Å². The number of carbonyl (C=O) groups excluding carboxylic acids is 1. The Bertz CT molecular complexity index is 488. The molecule has 0 bridgehead atoms. The summed E-state index contributed by atoms with van der Waals surface area (Å²) >= 11 is 4.81. The Labute approximate surface area is 123 Å². The standard InChI is InChI=1S/C12H20N6OS/c1-16(4-2-10(13)20)12(19)3-5-17-6-7-18-9-14-15-11(18)8-17/h9H,2-8H2,1H3,(H2,13,20). The number of rotatable bonds is 6. The van der Waals surface area contributed by atoms with Gasteiger partial charge < -0.3 is 15.2 Å². The van der Waals surface area contributed by atoms with Gasteiger partial charge in [-0.05, 0) is 0 Å². The molecule has 0 aliphatic carbocycles. The maximum absolute atomic E-state index is 12.0. The van der Waals surface area contributed by atoms with Crippen LogP contribution in [0.1, 0.15) is 18.7 Å². The molecule has 0 unspecified atom stereocenters. The molecule has 1 aromatic heterocycles. The van der Waals surface area contributed by atoms with Gasteiger partial charge in [-0.25, -0.2) is 0 Å². The van der Waals surface area contributed by atoms with Crippen molar-refractivity contribution in [2.24, 2.45) is 5.73 Å². The van der Waals surface area contributed by atoms with Crippen LogP contribution in [0.4, 0.5) is 0 Å². The van der Waals surface area contributed by atoms with Gasteiger partial charge in [-0.15, -0.1) is 10.2 Å². The van der Waals surface area contributed by atoms with Crippen LogP contribution in [-0.2, 0) is 17.9 Å². The summed E-state index contributed by atoms with van der Waals surface area (Å²) in [5.41, 5.74) is 5.44. The lowest BCUT2D eigenvalue weighted by molar-refractivity contribution is -0.130. The van der Waals surface area contributed by atoms with Gasteiger partial charge in [-0.1, -0.05) is 12.2 Å². The highest BCUT2D eigenvalue weighted by Crippen LogP contribution is 2.09. The molecule has 2 N–H and O–H groups in total. The highest BCUT2D eigenvalue weighted by molar-refractivity contribution is 7.80. The fourth-order valence-electron chi connectivity index (χ4n) is 2.15. The van der Waals surface area contributed by atoms with Crippen LogP contribution < -0.4 is 5.73 Å². The van der Waals surface area contributed by atoms with Crippen LogP contribution in [0.5, 0.6) is 0 Å². The van der Waals surface area contributed by atoms with E-state index in [0.29, 0.717) is 24.4 Å². The van der Waals surface area contributed by atoms with Crippen molar-refractivity contribution in [2.75, 3.05) is 26.7 Å². The van der Waals surface area contributed by atoms with Gasteiger partial charge in [0.1, 0.15) is 12.2 Å². The number of nitrogens with zero attached hydrogens (tertiary/aromatic N) is 5. The van der Waals surface area contributed by atoms with Crippen molar-refractivity contribution < 1.29 is 4.79 Å². The lowest BCUT2D eigenvalue weighted by Gasteiger charge is -2.27. The first-order valence-electron chi connectivity index (χ1n) is 6.67. The monoisotopic (exact) mass is 296 g/mol. The number of fused-ring (bicyclic) bond motifs is 1. The van der Waals surface area contributed by atoms with E-state index in [4.69, 9.17) is 18.0 Å². The van der Waals surface area contributed by atoms with Crippen molar-refractivity contribution in [3.05, 3.63) is 12.2 Å². The molecular formula is C12H20N6OS. The van der Waals surface area contributed by atoms with E-state index >= 15 is 0 Å². The van der Waals surface area contributed by atoms with Gasteiger partial charge in [0.2, 0.25) is 5.91 Å². The number of thiocarbonyl (C=S) groups is 1. The number of aromatic nitrogens is 3. The Kier molecular flexibility index (Phi) is 5.02. The smallest absolute Gasteiger partial charge is 0.223 e. The Morgan fingerprint density at radius 3 is 3.05 bits per heavy atom. The Morgan fingerprint density at radius 2 is 2.30 bits per heavy atom. The molecule has 8 heteroatoms. The van der Waals surface area contributed by atoms with Crippen molar-refractivity contribution in [2.45, 2.75) is 25.9 Å². The SMILES string of the molecule is CN(CCC(N)=S)C(=O)CCN1CCn2cnnc2C1. The molecule has 1 aliphatic rings. The fraction of sp³-hybridized carbons (Fsp3) is 0.667. The third-order valence-electron chi connectivity index (χ3n) is 3.48. The third-order valence-corrected chi connectivity index (χ3v) is 3.68. The lowest BCUT2D eigenvalue weighted by atomic mass is 10.3. The molecule has 0 aromatic carbocycles. The summed E-state index contributed by atoms with van der Waals surface area (Å²) in [5.74, 6) is 1.08. The van der Waals surface area contributed by atoms with Crippen LogP contribution >= 0.6 is 12.2 Å². The second kappa shape index (κ2) is 6.76. The van der Waals surface area contributed by atoms with Crippen LogP contribution in [0.2, 0.25) is 0 Å². The summed E-state index contributed by atoms with van der Waals surface area (Å²) in [6, 6.07) is 0. The number of amides is 1.